The molecule has 15 heavy (non-hydrogen) atoms. The molecular formula is C12H15NO2. The minimum atomic E-state index is -0.0155. The van der Waals surface area contributed by atoms with E-state index in [2.05, 4.69) is 5.32 Å². The Bertz CT molecular complexity index is 341. The van der Waals surface area contributed by atoms with Crippen LogP contribution in [0.1, 0.15) is 12.5 Å². The Morgan fingerprint density at radius 1 is 1.40 bits per heavy atom. The van der Waals surface area contributed by atoms with E-state index in [0.717, 1.165) is 11.3 Å². The molecule has 1 amide bonds. The molecule has 1 aromatic rings. The Kier molecular flexibility index (Phi) is 4.41. The van der Waals surface area contributed by atoms with Crippen LogP contribution in [0.4, 0.5) is 0 Å². The maximum absolute atomic E-state index is 11.3. The van der Waals surface area contributed by atoms with Gasteiger partial charge in [-0.1, -0.05) is 18.2 Å². The summed E-state index contributed by atoms with van der Waals surface area (Å²) in [4.78, 5) is 11.3. The smallest absolute Gasteiger partial charge is 0.228 e. The number of nitrogens with one attached hydrogen (secondary N) is 1. The number of hydrogen-bond donors (Lipinski definition) is 1. The first-order chi connectivity index (χ1) is 7.26. The molecule has 0 aliphatic rings. The van der Waals surface area contributed by atoms with Crippen molar-refractivity contribution in [1.29, 1.82) is 0 Å². The van der Waals surface area contributed by atoms with Gasteiger partial charge in [0.25, 0.3) is 0 Å². The van der Waals surface area contributed by atoms with Gasteiger partial charge in [0, 0.05) is 0 Å². The van der Waals surface area contributed by atoms with Crippen molar-refractivity contribution in [2.45, 2.75) is 13.3 Å². The number of benzene rings is 1. The van der Waals surface area contributed by atoms with E-state index in [9.17, 15) is 4.79 Å². The first kappa shape index (κ1) is 11.3. The molecule has 0 aromatic heterocycles. The zero-order chi connectivity index (χ0) is 11.1. The summed E-state index contributed by atoms with van der Waals surface area (Å²) in [6.45, 7) is 1.85. The second kappa shape index (κ2) is 5.86. The second-order valence-electron chi connectivity index (χ2n) is 3.09. The van der Waals surface area contributed by atoms with Crippen molar-refractivity contribution in [3.05, 3.63) is 42.1 Å². The lowest BCUT2D eigenvalue weighted by Gasteiger charge is -2.02. The van der Waals surface area contributed by atoms with Gasteiger partial charge in [0.2, 0.25) is 5.91 Å². The third-order valence-electron chi connectivity index (χ3n) is 1.93. The van der Waals surface area contributed by atoms with Crippen LogP contribution in [0.25, 0.3) is 0 Å². The third-order valence-corrected chi connectivity index (χ3v) is 1.93. The molecular weight excluding hydrogens is 190 g/mol. The SMILES string of the molecule is C/C=C\NC(=O)Cc1ccc(OC)cc1. The number of carbonyl (C=O) groups excluding carboxylic acids is 1. The average Bonchev–Trinajstić information content (AvgIpc) is 2.27. The number of amides is 1. The molecule has 0 saturated heterocycles. The van der Waals surface area contributed by atoms with E-state index in [1.807, 2.05) is 31.2 Å². The quantitative estimate of drug-likeness (QED) is 0.815. The molecule has 1 N–H and O–H groups in total. The Hall–Kier alpha value is -1.77. The standard InChI is InChI=1S/C12H15NO2/c1-3-8-13-12(14)9-10-4-6-11(15-2)7-5-10/h3-8H,9H2,1-2H3,(H,13,14)/b8-3-. The second-order valence-corrected chi connectivity index (χ2v) is 3.09. The topological polar surface area (TPSA) is 38.3 Å². The minimum absolute atomic E-state index is 0.0155. The van der Waals surface area contributed by atoms with Gasteiger partial charge >= 0.3 is 0 Å². The molecule has 0 heterocycles. The maximum atomic E-state index is 11.3. The summed E-state index contributed by atoms with van der Waals surface area (Å²) in [5.41, 5.74) is 0.970. The van der Waals surface area contributed by atoms with Gasteiger partial charge in [-0.2, -0.15) is 0 Å². The Balaban J connectivity index is 2.53. The number of ether oxygens (including phenoxy) is 1. The van der Waals surface area contributed by atoms with Crippen LogP contribution in [-0.4, -0.2) is 13.0 Å². The van der Waals surface area contributed by atoms with Crippen LogP contribution in [0.3, 0.4) is 0 Å². The van der Waals surface area contributed by atoms with Gasteiger partial charge in [0.1, 0.15) is 5.75 Å². The van der Waals surface area contributed by atoms with E-state index >= 15 is 0 Å². The van der Waals surface area contributed by atoms with Gasteiger partial charge in [-0.05, 0) is 30.8 Å². The number of methoxy groups -OCH3 is 1. The first-order valence-electron chi connectivity index (χ1n) is 4.79. The molecule has 0 spiro atoms. The predicted octanol–water partition coefficient (Wildman–Crippen LogP) is 1.89. The van der Waals surface area contributed by atoms with Crippen molar-refractivity contribution in [3.63, 3.8) is 0 Å². The number of rotatable bonds is 4. The van der Waals surface area contributed by atoms with Gasteiger partial charge in [0.05, 0.1) is 13.5 Å². The summed E-state index contributed by atoms with van der Waals surface area (Å²) in [5, 5.41) is 2.66. The summed E-state index contributed by atoms with van der Waals surface area (Å²) < 4.78 is 5.03. The van der Waals surface area contributed by atoms with Gasteiger partial charge in [0.15, 0.2) is 0 Å². The number of carbonyl (C=O) groups is 1. The molecule has 0 aliphatic carbocycles. The molecule has 0 aliphatic heterocycles. The van der Waals surface area contributed by atoms with E-state index in [0.29, 0.717) is 6.42 Å². The Morgan fingerprint density at radius 2 is 2.07 bits per heavy atom. The zero-order valence-corrected chi connectivity index (χ0v) is 8.99. The molecule has 3 heteroatoms. The zero-order valence-electron chi connectivity index (χ0n) is 8.99. The molecule has 0 bridgehead atoms. The molecule has 0 saturated carbocycles. The van der Waals surface area contributed by atoms with Gasteiger partial charge in [-0.25, -0.2) is 0 Å². The van der Waals surface area contributed by atoms with Crippen LogP contribution in [0.2, 0.25) is 0 Å². The minimum Gasteiger partial charge on any atom is -0.497 e. The fourth-order valence-electron chi connectivity index (χ4n) is 1.16. The average molecular weight is 205 g/mol. The van der Waals surface area contributed by atoms with Crippen LogP contribution in [0.15, 0.2) is 36.5 Å². The summed E-state index contributed by atoms with van der Waals surface area (Å²) in [6.07, 6.45) is 3.80. The molecule has 80 valence electrons. The van der Waals surface area contributed by atoms with Crippen LogP contribution in [-0.2, 0) is 11.2 Å². The number of hydrogen-bond acceptors (Lipinski definition) is 2. The lowest BCUT2D eigenvalue weighted by molar-refractivity contribution is -0.119. The summed E-state index contributed by atoms with van der Waals surface area (Å²) >= 11 is 0. The fourth-order valence-corrected chi connectivity index (χ4v) is 1.16. The largest absolute Gasteiger partial charge is 0.497 e. The summed E-state index contributed by atoms with van der Waals surface area (Å²) in [7, 11) is 1.62. The highest BCUT2D eigenvalue weighted by Gasteiger charge is 2.00. The van der Waals surface area contributed by atoms with Crippen LogP contribution in [0, 0.1) is 0 Å². The predicted molar refractivity (Wildman–Crippen MR) is 59.7 cm³/mol. The highest BCUT2D eigenvalue weighted by Crippen LogP contribution is 2.11. The van der Waals surface area contributed by atoms with Crippen molar-refractivity contribution in [1.82, 2.24) is 5.32 Å². The van der Waals surface area contributed by atoms with E-state index < -0.39 is 0 Å². The Morgan fingerprint density at radius 3 is 2.60 bits per heavy atom. The van der Waals surface area contributed by atoms with E-state index in [1.54, 1.807) is 19.4 Å². The van der Waals surface area contributed by atoms with E-state index in [4.69, 9.17) is 4.74 Å². The third kappa shape index (κ3) is 3.85. The van der Waals surface area contributed by atoms with Crippen molar-refractivity contribution >= 4 is 5.91 Å². The van der Waals surface area contributed by atoms with E-state index in [-0.39, 0.29) is 5.91 Å². The van der Waals surface area contributed by atoms with Gasteiger partial charge in [-0.3, -0.25) is 4.79 Å². The van der Waals surface area contributed by atoms with Crippen LogP contribution in [0.5, 0.6) is 5.75 Å². The monoisotopic (exact) mass is 205 g/mol. The van der Waals surface area contributed by atoms with Gasteiger partial charge < -0.3 is 10.1 Å². The lowest BCUT2D eigenvalue weighted by Crippen LogP contribution is -2.18. The Labute approximate surface area is 89.8 Å². The van der Waals surface area contributed by atoms with Gasteiger partial charge in [-0.15, -0.1) is 0 Å². The lowest BCUT2D eigenvalue weighted by atomic mass is 10.1. The number of allylic oxidation sites excluding steroid dienone is 1. The van der Waals surface area contributed by atoms with E-state index in [1.165, 1.54) is 0 Å². The molecule has 1 aromatic carbocycles. The fraction of sp³-hybridized carbons (Fsp3) is 0.250. The summed E-state index contributed by atoms with van der Waals surface area (Å²) in [6, 6.07) is 7.46. The molecule has 0 atom stereocenters. The normalized spacial score (nSPS) is 10.3. The molecule has 0 radical (unpaired) electrons. The molecule has 1 rings (SSSR count). The molecule has 0 fully saturated rings. The molecule has 3 nitrogen and oxygen atoms in total. The van der Waals surface area contributed by atoms with Crippen molar-refractivity contribution in [3.8, 4) is 5.75 Å². The highest BCUT2D eigenvalue weighted by atomic mass is 16.5. The first-order valence-corrected chi connectivity index (χ1v) is 4.79. The molecule has 0 unspecified atom stereocenters. The summed E-state index contributed by atoms with van der Waals surface area (Å²) in [5.74, 6) is 0.783. The van der Waals surface area contributed by atoms with Crippen molar-refractivity contribution in [2.75, 3.05) is 7.11 Å². The van der Waals surface area contributed by atoms with Crippen LogP contribution >= 0.6 is 0 Å². The maximum Gasteiger partial charge on any atom is 0.228 e. The highest BCUT2D eigenvalue weighted by molar-refractivity contribution is 5.79. The van der Waals surface area contributed by atoms with Crippen molar-refractivity contribution in [2.24, 2.45) is 0 Å². The van der Waals surface area contributed by atoms with Crippen LogP contribution < -0.4 is 10.1 Å². The van der Waals surface area contributed by atoms with Crippen molar-refractivity contribution < 1.29 is 9.53 Å².